The first-order chi connectivity index (χ1) is 8.61. The van der Waals surface area contributed by atoms with E-state index in [1.807, 2.05) is 0 Å². The van der Waals surface area contributed by atoms with Crippen LogP contribution in [0.3, 0.4) is 0 Å². The summed E-state index contributed by atoms with van der Waals surface area (Å²) in [6.45, 7) is 1.76. The van der Waals surface area contributed by atoms with E-state index in [-0.39, 0.29) is 18.5 Å². The van der Waals surface area contributed by atoms with E-state index in [1.54, 1.807) is 25.1 Å². The van der Waals surface area contributed by atoms with Gasteiger partial charge in [-0.25, -0.2) is 0 Å². The van der Waals surface area contributed by atoms with Gasteiger partial charge in [-0.15, -0.1) is 0 Å². The molecule has 0 aromatic heterocycles. The number of nitrogens with one attached hydrogen (secondary N) is 1. The summed E-state index contributed by atoms with van der Waals surface area (Å²) in [4.78, 5) is 11.9. The van der Waals surface area contributed by atoms with E-state index in [9.17, 15) is 4.79 Å². The van der Waals surface area contributed by atoms with Crippen molar-refractivity contribution in [3.63, 3.8) is 0 Å². The van der Waals surface area contributed by atoms with Crippen LogP contribution in [0.5, 0.6) is 11.5 Å². The maximum Gasteiger partial charge on any atom is 0.252 e. The minimum atomic E-state index is -0.562. The third-order valence-electron chi connectivity index (χ3n) is 2.54. The predicted molar refractivity (Wildman–Crippen MR) is 62.9 cm³/mol. The van der Waals surface area contributed by atoms with Gasteiger partial charge in [-0.3, -0.25) is 4.79 Å². The number of hydrogen-bond donors (Lipinski definition) is 3. The number of nitrogens with two attached hydrogens (primary N) is 1. The Bertz CT molecular complexity index is 501. The Labute approximate surface area is 103 Å². The summed E-state index contributed by atoms with van der Waals surface area (Å²) >= 11 is 0. The highest BCUT2D eigenvalue weighted by atomic mass is 16.7. The Kier molecular flexibility index (Phi) is 3.22. The van der Waals surface area contributed by atoms with Gasteiger partial charge in [-0.1, -0.05) is 5.16 Å². The summed E-state index contributed by atoms with van der Waals surface area (Å²) in [6.07, 6.45) is 0. The highest BCUT2D eigenvalue weighted by molar-refractivity contribution is 5.98. The average Bonchev–Trinajstić information content (AvgIpc) is 2.84. The number of rotatable bonds is 3. The molecular formula is C11H13N3O4. The molecule has 0 saturated heterocycles. The lowest BCUT2D eigenvalue weighted by atomic mass is 10.1. The maximum atomic E-state index is 11.9. The summed E-state index contributed by atoms with van der Waals surface area (Å²) in [5.74, 6) is 0.728. The average molecular weight is 251 g/mol. The third kappa shape index (κ3) is 2.29. The molecule has 0 saturated carbocycles. The molecule has 0 aliphatic carbocycles. The molecule has 7 nitrogen and oxygen atoms in total. The maximum absolute atomic E-state index is 11.9. The molecule has 1 aromatic rings. The molecule has 1 unspecified atom stereocenters. The first-order valence-corrected chi connectivity index (χ1v) is 5.29. The van der Waals surface area contributed by atoms with Crippen molar-refractivity contribution < 1.29 is 19.5 Å². The van der Waals surface area contributed by atoms with Crippen molar-refractivity contribution in [3.8, 4) is 11.5 Å². The van der Waals surface area contributed by atoms with Crippen LogP contribution >= 0.6 is 0 Å². The van der Waals surface area contributed by atoms with Crippen LogP contribution in [0.4, 0.5) is 0 Å². The van der Waals surface area contributed by atoms with Crippen molar-refractivity contribution in [2.75, 3.05) is 6.79 Å². The van der Waals surface area contributed by atoms with Gasteiger partial charge in [-0.05, 0) is 25.1 Å². The molecule has 1 aliphatic rings. The lowest BCUT2D eigenvalue weighted by Gasteiger charge is -2.12. The largest absolute Gasteiger partial charge is 0.454 e. The highest BCUT2D eigenvalue weighted by Gasteiger charge is 2.18. The van der Waals surface area contributed by atoms with E-state index in [1.165, 1.54) is 0 Å². The van der Waals surface area contributed by atoms with Crippen LogP contribution in [0.25, 0.3) is 0 Å². The molecule has 0 spiro atoms. The van der Waals surface area contributed by atoms with Crippen molar-refractivity contribution in [1.82, 2.24) is 5.32 Å². The second-order valence-electron chi connectivity index (χ2n) is 3.79. The van der Waals surface area contributed by atoms with Crippen molar-refractivity contribution >= 4 is 11.7 Å². The minimum absolute atomic E-state index is 0.0657. The Morgan fingerprint density at radius 3 is 2.94 bits per heavy atom. The Balaban J connectivity index is 2.10. The molecule has 7 heteroatoms. The van der Waals surface area contributed by atoms with E-state index in [0.717, 1.165) is 0 Å². The lowest BCUT2D eigenvalue weighted by molar-refractivity contribution is 0.0948. The van der Waals surface area contributed by atoms with Crippen molar-refractivity contribution in [1.29, 1.82) is 0 Å². The van der Waals surface area contributed by atoms with Crippen LogP contribution in [0.1, 0.15) is 17.3 Å². The van der Waals surface area contributed by atoms with E-state index < -0.39 is 6.04 Å². The van der Waals surface area contributed by atoms with Gasteiger partial charge in [0.15, 0.2) is 17.3 Å². The lowest BCUT2D eigenvalue weighted by Crippen LogP contribution is -2.42. The quantitative estimate of drug-likeness (QED) is 0.309. The molecule has 2 rings (SSSR count). The number of amides is 1. The zero-order chi connectivity index (χ0) is 13.1. The molecule has 18 heavy (non-hydrogen) atoms. The van der Waals surface area contributed by atoms with Crippen molar-refractivity contribution in [2.45, 2.75) is 13.0 Å². The Hall–Kier alpha value is -2.44. The molecule has 4 N–H and O–H groups in total. The second-order valence-corrected chi connectivity index (χ2v) is 3.79. The normalized spacial score (nSPS) is 15.3. The van der Waals surface area contributed by atoms with Crippen molar-refractivity contribution in [2.24, 2.45) is 10.9 Å². The number of hydrogen-bond acceptors (Lipinski definition) is 5. The molecule has 1 atom stereocenters. The van der Waals surface area contributed by atoms with Crippen LogP contribution in [-0.2, 0) is 0 Å². The summed E-state index contributed by atoms with van der Waals surface area (Å²) in [6, 6.07) is 4.29. The van der Waals surface area contributed by atoms with Crippen LogP contribution in [0.2, 0.25) is 0 Å². The molecule has 1 aliphatic heterocycles. The zero-order valence-corrected chi connectivity index (χ0v) is 9.71. The summed E-state index contributed by atoms with van der Waals surface area (Å²) in [5.41, 5.74) is 5.79. The first-order valence-electron chi connectivity index (χ1n) is 5.29. The number of ether oxygens (including phenoxy) is 2. The summed E-state index contributed by atoms with van der Waals surface area (Å²) < 4.78 is 10.3. The molecule has 0 fully saturated rings. The molecule has 0 radical (unpaired) electrons. The van der Waals surface area contributed by atoms with Gasteiger partial charge in [0.1, 0.15) is 0 Å². The second kappa shape index (κ2) is 4.82. The van der Waals surface area contributed by atoms with Gasteiger partial charge in [-0.2, -0.15) is 0 Å². The van der Waals surface area contributed by atoms with Crippen LogP contribution in [0, 0.1) is 0 Å². The number of benzene rings is 1. The van der Waals surface area contributed by atoms with Gasteiger partial charge < -0.3 is 25.7 Å². The SMILES string of the molecule is CC(NC(=O)c1ccc2c(c1)OCO2)/C(N)=N/O. The number of oxime groups is 1. The van der Waals surface area contributed by atoms with E-state index in [2.05, 4.69) is 10.5 Å². The van der Waals surface area contributed by atoms with Gasteiger partial charge in [0.2, 0.25) is 6.79 Å². The Morgan fingerprint density at radius 1 is 1.50 bits per heavy atom. The minimum Gasteiger partial charge on any atom is -0.454 e. The molecule has 1 heterocycles. The van der Waals surface area contributed by atoms with Crippen LogP contribution in [-0.4, -0.2) is 29.8 Å². The number of nitrogens with zero attached hydrogens (tertiary/aromatic N) is 1. The van der Waals surface area contributed by atoms with Gasteiger partial charge in [0, 0.05) is 5.56 Å². The highest BCUT2D eigenvalue weighted by Crippen LogP contribution is 2.32. The van der Waals surface area contributed by atoms with Gasteiger partial charge in [0.25, 0.3) is 5.91 Å². The molecule has 0 bridgehead atoms. The zero-order valence-electron chi connectivity index (χ0n) is 9.71. The fourth-order valence-electron chi connectivity index (χ4n) is 1.48. The fourth-order valence-corrected chi connectivity index (χ4v) is 1.48. The monoisotopic (exact) mass is 251 g/mol. The first kappa shape index (κ1) is 12.0. The number of carbonyl (C=O) groups excluding carboxylic acids is 1. The summed E-state index contributed by atoms with van der Waals surface area (Å²) in [5, 5.41) is 13.9. The molecule has 1 amide bonds. The van der Waals surface area contributed by atoms with E-state index in [4.69, 9.17) is 20.4 Å². The topological polar surface area (TPSA) is 106 Å². The molecule has 1 aromatic carbocycles. The van der Waals surface area contributed by atoms with Crippen molar-refractivity contribution in [3.05, 3.63) is 23.8 Å². The number of amidine groups is 1. The standard InChI is InChI=1S/C11H13N3O4/c1-6(10(12)14-16)13-11(15)7-2-3-8-9(4-7)18-5-17-8/h2-4,6,16H,5H2,1H3,(H2,12,14)(H,13,15). The van der Waals surface area contributed by atoms with Crippen LogP contribution < -0.4 is 20.5 Å². The van der Waals surface area contributed by atoms with Crippen LogP contribution in [0.15, 0.2) is 23.4 Å². The molecule has 96 valence electrons. The van der Waals surface area contributed by atoms with Gasteiger partial charge in [0.05, 0.1) is 6.04 Å². The van der Waals surface area contributed by atoms with E-state index in [0.29, 0.717) is 17.1 Å². The number of carbonyl (C=O) groups is 1. The van der Waals surface area contributed by atoms with Gasteiger partial charge >= 0.3 is 0 Å². The Morgan fingerprint density at radius 2 is 2.22 bits per heavy atom. The molecular weight excluding hydrogens is 238 g/mol. The summed E-state index contributed by atoms with van der Waals surface area (Å²) in [7, 11) is 0. The predicted octanol–water partition coefficient (Wildman–Crippen LogP) is 0.280. The van der Waals surface area contributed by atoms with E-state index >= 15 is 0 Å². The smallest absolute Gasteiger partial charge is 0.252 e. The number of fused-ring (bicyclic) bond motifs is 1. The third-order valence-corrected chi connectivity index (χ3v) is 2.54. The fraction of sp³-hybridized carbons (Fsp3) is 0.273.